The maximum absolute atomic E-state index is 14.2. The van der Waals surface area contributed by atoms with Crippen molar-refractivity contribution in [1.29, 1.82) is 0 Å². The number of aryl methyl sites for hydroxylation is 2. The molecule has 0 radical (unpaired) electrons. The normalized spacial score (nSPS) is 14.6. The van der Waals surface area contributed by atoms with Gasteiger partial charge in [-0.25, -0.2) is 4.68 Å². The number of halogens is 5. The zero-order valence-electron chi connectivity index (χ0n) is 14.1. The van der Waals surface area contributed by atoms with Crippen molar-refractivity contribution in [3.63, 3.8) is 0 Å². The first-order valence-corrected chi connectivity index (χ1v) is 8.33. The first-order chi connectivity index (χ1) is 12.1. The third kappa shape index (κ3) is 3.56. The summed E-state index contributed by atoms with van der Waals surface area (Å²) < 4.78 is 55.0. The molecule has 2 aromatic rings. The number of amides is 1. The second-order valence-electron chi connectivity index (χ2n) is 6.34. The number of carbonyl (C=O) groups excluding carboxylic acids is 1. The van der Waals surface area contributed by atoms with Gasteiger partial charge in [-0.15, -0.1) is 0 Å². The smallest absolute Gasteiger partial charge is 0.331 e. The van der Waals surface area contributed by atoms with Crippen LogP contribution in [-0.4, -0.2) is 26.6 Å². The fourth-order valence-electron chi connectivity index (χ4n) is 2.92. The molecule has 0 saturated heterocycles. The van der Waals surface area contributed by atoms with Gasteiger partial charge >= 0.3 is 6.18 Å². The summed E-state index contributed by atoms with van der Waals surface area (Å²) in [5.41, 5.74) is -0.992. The maximum Gasteiger partial charge on any atom is 0.416 e. The van der Waals surface area contributed by atoms with Crippen molar-refractivity contribution in [2.75, 3.05) is 0 Å². The van der Waals surface area contributed by atoms with E-state index in [2.05, 4.69) is 5.10 Å². The maximum atomic E-state index is 14.2. The molecule has 1 aliphatic rings. The molecule has 1 amide bonds. The van der Waals surface area contributed by atoms with Crippen molar-refractivity contribution in [3.8, 4) is 0 Å². The van der Waals surface area contributed by atoms with Crippen molar-refractivity contribution >= 4 is 17.5 Å². The van der Waals surface area contributed by atoms with Crippen molar-refractivity contribution in [1.82, 2.24) is 14.7 Å². The van der Waals surface area contributed by atoms with Gasteiger partial charge in [0, 0.05) is 24.7 Å². The van der Waals surface area contributed by atoms with E-state index >= 15 is 0 Å². The Labute approximate surface area is 152 Å². The standard InChI is InChI=1S/C17H16ClF4N3O/c1-9-14(15(19)24(2)23-9)16(26)25(12-4-5-12)8-10-7-11(18)3-6-13(10)17(20,21)22/h3,6-7,12H,4-5,8H2,1-2H3. The molecule has 1 saturated carbocycles. The van der Waals surface area contributed by atoms with E-state index < -0.39 is 23.6 Å². The Kier molecular flexibility index (Phi) is 4.72. The van der Waals surface area contributed by atoms with Crippen LogP contribution in [0.5, 0.6) is 0 Å². The zero-order valence-corrected chi connectivity index (χ0v) is 14.8. The Balaban J connectivity index is 1.98. The molecule has 1 aromatic carbocycles. The van der Waals surface area contributed by atoms with Crippen LogP contribution in [0.4, 0.5) is 17.6 Å². The lowest BCUT2D eigenvalue weighted by Crippen LogP contribution is -2.34. The monoisotopic (exact) mass is 389 g/mol. The third-order valence-corrected chi connectivity index (χ3v) is 4.56. The average Bonchev–Trinajstić information content (AvgIpc) is 3.32. The molecule has 140 valence electrons. The molecule has 0 aliphatic heterocycles. The molecule has 0 unspecified atom stereocenters. The van der Waals surface area contributed by atoms with E-state index in [1.54, 1.807) is 0 Å². The van der Waals surface area contributed by atoms with Gasteiger partial charge in [-0.3, -0.25) is 4.79 Å². The first kappa shape index (κ1) is 18.7. The largest absolute Gasteiger partial charge is 0.416 e. The molecule has 0 bridgehead atoms. The highest BCUT2D eigenvalue weighted by Gasteiger charge is 2.39. The van der Waals surface area contributed by atoms with Gasteiger partial charge < -0.3 is 4.90 Å². The predicted octanol–water partition coefficient (Wildman–Crippen LogP) is 4.34. The second kappa shape index (κ2) is 6.57. The summed E-state index contributed by atoms with van der Waals surface area (Å²) in [6.45, 7) is 1.19. The molecule has 1 heterocycles. The fourth-order valence-corrected chi connectivity index (χ4v) is 3.12. The van der Waals surface area contributed by atoms with Crippen molar-refractivity contribution in [2.45, 2.75) is 38.5 Å². The van der Waals surface area contributed by atoms with Gasteiger partial charge in [0.25, 0.3) is 5.91 Å². The van der Waals surface area contributed by atoms with Gasteiger partial charge in [-0.05, 0) is 43.5 Å². The topological polar surface area (TPSA) is 38.1 Å². The van der Waals surface area contributed by atoms with Crippen LogP contribution in [0.1, 0.15) is 40.0 Å². The fraction of sp³-hybridized carbons (Fsp3) is 0.412. The first-order valence-electron chi connectivity index (χ1n) is 7.95. The molecule has 0 spiro atoms. The Morgan fingerprint density at radius 3 is 2.54 bits per heavy atom. The predicted molar refractivity (Wildman–Crippen MR) is 87.3 cm³/mol. The molecule has 1 fully saturated rings. The van der Waals surface area contributed by atoms with Crippen LogP contribution in [0.25, 0.3) is 0 Å². The number of aromatic nitrogens is 2. The van der Waals surface area contributed by atoms with Crippen LogP contribution in [-0.2, 0) is 19.8 Å². The lowest BCUT2D eigenvalue weighted by Gasteiger charge is -2.24. The van der Waals surface area contributed by atoms with E-state index in [-0.39, 0.29) is 34.4 Å². The van der Waals surface area contributed by atoms with Crippen molar-refractivity contribution < 1.29 is 22.4 Å². The molecule has 9 heteroatoms. The molecule has 1 aromatic heterocycles. The Hall–Kier alpha value is -2.09. The number of rotatable bonds is 4. The highest BCUT2D eigenvalue weighted by Crippen LogP contribution is 2.36. The molecular formula is C17H16ClF4N3O. The Morgan fingerprint density at radius 1 is 1.38 bits per heavy atom. The number of hydrogen-bond acceptors (Lipinski definition) is 2. The summed E-state index contributed by atoms with van der Waals surface area (Å²) in [6, 6.07) is 3.02. The minimum absolute atomic E-state index is 0.118. The minimum atomic E-state index is -4.58. The summed E-state index contributed by atoms with van der Waals surface area (Å²) in [7, 11) is 1.36. The van der Waals surface area contributed by atoms with Crippen LogP contribution >= 0.6 is 11.6 Å². The van der Waals surface area contributed by atoms with Crippen molar-refractivity contribution in [3.05, 3.63) is 51.6 Å². The molecule has 0 atom stereocenters. The summed E-state index contributed by atoms with van der Waals surface area (Å²) in [4.78, 5) is 14.1. The average molecular weight is 390 g/mol. The van der Waals surface area contributed by atoms with Crippen molar-refractivity contribution in [2.24, 2.45) is 7.05 Å². The Morgan fingerprint density at radius 2 is 2.04 bits per heavy atom. The van der Waals surface area contributed by atoms with Crippen LogP contribution < -0.4 is 0 Å². The molecule has 26 heavy (non-hydrogen) atoms. The van der Waals surface area contributed by atoms with E-state index in [0.29, 0.717) is 12.8 Å². The van der Waals surface area contributed by atoms with E-state index in [1.165, 1.54) is 24.9 Å². The van der Waals surface area contributed by atoms with E-state index in [9.17, 15) is 22.4 Å². The highest BCUT2D eigenvalue weighted by molar-refractivity contribution is 6.30. The van der Waals surface area contributed by atoms with Crippen LogP contribution in [0, 0.1) is 12.9 Å². The zero-order chi connectivity index (χ0) is 19.2. The number of hydrogen-bond donors (Lipinski definition) is 0. The van der Waals surface area contributed by atoms with Gasteiger partial charge in [0.15, 0.2) is 0 Å². The van der Waals surface area contributed by atoms with Crippen LogP contribution in [0.15, 0.2) is 18.2 Å². The molecule has 3 rings (SSSR count). The summed E-state index contributed by atoms with van der Waals surface area (Å²) in [5.74, 6) is -1.47. The lowest BCUT2D eigenvalue weighted by atomic mass is 10.1. The van der Waals surface area contributed by atoms with Gasteiger partial charge in [0.2, 0.25) is 5.95 Å². The quantitative estimate of drug-likeness (QED) is 0.729. The molecule has 1 aliphatic carbocycles. The van der Waals surface area contributed by atoms with Crippen LogP contribution in [0.2, 0.25) is 5.02 Å². The van der Waals surface area contributed by atoms with E-state index in [0.717, 1.165) is 16.8 Å². The number of benzene rings is 1. The summed E-state index contributed by atoms with van der Waals surface area (Å²) in [6.07, 6.45) is -3.25. The summed E-state index contributed by atoms with van der Waals surface area (Å²) >= 11 is 5.85. The molecule has 4 nitrogen and oxygen atoms in total. The molecular weight excluding hydrogens is 374 g/mol. The van der Waals surface area contributed by atoms with Gasteiger partial charge in [0.1, 0.15) is 5.56 Å². The third-order valence-electron chi connectivity index (χ3n) is 4.33. The lowest BCUT2D eigenvalue weighted by molar-refractivity contribution is -0.138. The number of nitrogens with zero attached hydrogens (tertiary/aromatic N) is 3. The number of alkyl halides is 3. The van der Waals surface area contributed by atoms with Gasteiger partial charge in [-0.2, -0.15) is 22.7 Å². The minimum Gasteiger partial charge on any atom is -0.331 e. The summed E-state index contributed by atoms with van der Waals surface area (Å²) in [5, 5.41) is 4.00. The number of carbonyl (C=O) groups is 1. The van der Waals surface area contributed by atoms with Gasteiger partial charge in [0.05, 0.1) is 11.3 Å². The van der Waals surface area contributed by atoms with E-state index in [4.69, 9.17) is 11.6 Å². The van der Waals surface area contributed by atoms with Gasteiger partial charge in [-0.1, -0.05) is 11.6 Å². The van der Waals surface area contributed by atoms with E-state index in [1.807, 2.05) is 0 Å². The highest BCUT2D eigenvalue weighted by atomic mass is 35.5. The van der Waals surface area contributed by atoms with Crippen LogP contribution in [0.3, 0.4) is 0 Å². The Bertz CT molecular complexity index is 858. The SMILES string of the molecule is Cc1nn(C)c(F)c1C(=O)N(Cc1cc(Cl)ccc1C(F)(F)F)C1CC1. The second-order valence-corrected chi connectivity index (χ2v) is 6.77. The molecule has 0 N–H and O–H groups in total.